The Morgan fingerprint density at radius 1 is 1.35 bits per heavy atom. The van der Waals surface area contributed by atoms with Crippen LogP contribution in [-0.2, 0) is 6.42 Å². The molecule has 1 heterocycles. The van der Waals surface area contributed by atoms with E-state index in [2.05, 4.69) is 60.9 Å². The van der Waals surface area contributed by atoms with Gasteiger partial charge in [0, 0.05) is 28.0 Å². The molecule has 1 aromatic rings. The smallest absolute Gasteiger partial charge is 0.119 e. The Morgan fingerprint density at radius 3 is 2.85 bits per heavy atom. The molecule has 4 heteroatoms. The van der Waals surface area contributed by atoms with Crippen molar-refractivity contribution in [2.45, 2.75) is 36.8 Å². The Bertz CT molecular complexity index is 413. The summed E-state index contributed by atoms with van der Waals surface area (Å²) >= 11 is 4.25. The summed E-state index contributed by atoms with van der Waals surface area (Å²) in [6.45, 7) is 5.60. The zero-order chi connectivity index (χ0) is 14.4. The van der Waals surface area contributed by atoms with Gasteiger partial charge in [0.2, 0.25) is 0 Å². The molecule has 3 unspecified atom stereocenters. The van der Waals surface area contributed by atoms with Gasteiger partial charge in [-0.25, -0.2) is 0 Å². The van der Waals surface area contributed by atoms with Gasteiger partial charge in [-0.15, -0.1) is 0 Å². The first kappa shape index (κ1) is 16.1. The number of likely N-dealkylation sites (N-methyl/N-ethyl adjacent to an activating group) is 1. The highest BCUT2D eigenvalue weighted by molar-refractivity contribution is 8.07. The number of benzene rings is 1. The molecule has 1 aliphatic heterocycles. The molecule has 0 amide bonds. The number of hydrogen-bond donors (Lipinski definition) is 1. The van der Waals surface area contributed by atoms with E-state index in [9.17, 15) is 0 Å². The van der Waals surface area contributed by atoms with Gasteiger partial charge in [-0.3, -0.25) is 0 Å². The van der Waals surface area contributed by atoms with Crippen LogP contribution in [0.4, 0.5) is 0 Å². The van der Waals surface area contributed by atoms with E-state index < -0.39 is 0 Å². The first-order valence-corrected chi connectivity index (χ1v) is 9.44. The van der Waals surface area contributed by atoms with Gasteiger partial charge in [-0.2, -0.15) is 23.5 Å². The number of hydrogen-bond acceptors (Lipinski definition) is 4. The third-order valence-corrected chi connectivity index (χ3v) is 6.94. The van der Waals surface area contributed by atoms with Crippen molar-refractivity contribution in [2.24, 2.45) is 0 Å². The molecule has 2 rings (SSSR count). The summed E-state index contributed by atoms with van der Waals surface area (Å²) in [5, 5.41) is 5.11. The maximum Gasteiger partial charge on any atom is 0.119 e. The summed E-state index contributed by atoms with van der Waals surface area (Å²) in [4.78, 5) is 0. The molecular weight excluding hydrogens is 286 g/mol. The van der Waals surface area contributed by atoms with Crippen LogP contribution < -0.4 is 10.1 Å². The van der Waals surface area contributed by atoms with E-state index in [1.165, 1.54) is 17.1 Å². The topological polar surface area (TPSA) is 21.3 Å². The lowest BCUT2D eigenvalue weighted by atomic mass is 10.0. The molecule has 1 fully saturated rings. The summed E-state index contributed by atoms with van der Waals surface area (Å²) in [6.07, 6.45) is 1.08. The third-order valence-electron chi connectivity index (χ3n) is 3.69. The van der Waals surface area contributed by atoms with Crippen LogP contribution in [0.3, 0.4) is 0 Å². The van der Waals surface area contributed by atoms with Crippen LogP contribution in [0, 0.1) is 0 Å². The minimum absolute atomic E-state index is 0.542. The molecule has 0 radical (unpaired) electrons. The Balaban J connectivity index is 2.07. The number of ether oxygens (including phenoxy) is 1. The van der Waals surface area contributed by atoms with Crippen LogP contribution in [0.5, 0.6) is 5.75 Å². The van der Waals surface area contributed by atoms with Crippen molar-refractivity contribution in [3.05, 3.63) is 29.8 Å². The zero-order valence-corrected chi connectivity index (χ0v) is 14.2. The Kier molecular flexibility index (Phi) is 6.59. The number of methoxy groups -OCH3 is 1. The van der Waals surface area contributed by atoms with Crippen molar-refractivity contribution in [2.75, 3.05) is 25.2 Å². The molecule has 1 N–H and O–H groups in total. The van der Waals surface area contributed by atoms with Gasteiger partial charge in [-0.1, -0.05) is 26.0 Å². The first-order valence-electron chi connectivity index (χ1n) is 7.34. The van der Waals surface area contributed by atoms with Gasteiger partial charge in [-0.05, 0) is 30.7 Å². The molecule has 1 saturated heterocycles. The highest BCUT2D eigenvalue weighted by atomic mass is 32.2. The Labute approximate surface area is 131 Å². The fourth-order valence-electron chi connectivity index (χ4n) is 2.71. The monoisotopic (exact) mass is 311 g/mol. The fraction of sp³-hybridized carbons (Fsp3) is 0.625. The van der Waals surface area contributed by atoms with Gasteiger partial charge in [0.15, 0.2) is 0 Å². The number of thioether (sulfide) groups is 2. The quantitative estimate of drug-likeness (QED) is 0.868. The summed E-state index contributed by atoms with van der Waals surface area (Å²) in [5.41, 5.74) is 1.36. The second kappa shape index (κ2) is 8.20. The maximum atomic E-state index is 5.33. The molecule has 2 nitrogen and oxygen atoms in total. The van der Waals surface area contributed by atoms with Gasteiger partial charge in [0.1, 0.15) is 5.75 Å². The van der Waals surface area contributed by atoms with Crippen LogP contribution in [0.1, 0.15) is 19.4 Å². The molecule has 1 aromatic carbocycles. The van der Waals surface area contributed by atoms with Crippen LogP contribution in [0.15, 0.2) is 24.3 Å². The standard InChI is InChI=1S/C16H25NOS2/c1-4-17-15(16-12(2)19-8-9-20-16)11-13-6-5-7-14(10-13)18-3/h5-7,10,12,15-17H,4,8-9,11H2,1-3H3. The fourth-order valence-corrected chi connectivity index (χ4v) is 5.67. The average molecular weight is 312 g/mol. The molecular formula is C16H25NOS2. The third kappa shape index (κ3) is 4.34. The largest absolute Gasteiger partial charge is 0.497 e. The first-order chi connectivity index (χ1) is 9.74. The highest BCUT2D eigenvalue weighted by Gasteiger charge is 2.29. The van der Waals surface area contributed by atoms with E-state index in [4.69, 9.17) is 4.74 Å². The lowest BCUT2D eigenvalue weighted by Crippen LogP contribution is -2.45. The van der Waals surface area contributed by atoms with Gasteiger partial charge in [0.05, 0.1) is 7.11 Å². The summed E-state index contributed by atoms with van der Waals surface area (Å²) < 4.78 is 5.33. The molecule has 3 atom stereocenters. The van der Waals surface area contributed by atoms with E-state index in [1.54, 1.807) is 7.11 Å². The van der Waals surface area contributed by atoms with Gasteiger partial charge in [0.25, 0.3) is 0 Å². The molecule has 112 valence electrons. The normalized spacial score (nSPS) is 24.4. The average Bonchev–Trinajstić information content (AvgIpc) is 2.47. The lowest BCUT2D eigenvalue weighted by molar-refractivity contribution is 0.413. The van der Waals surface area contributed by atoms with Crippen molar-refractivity contribution in [3.63, 3.8) is 0 Å². The van der Waals surface area contributed by atoms with Crippen LogP contribution >= 0.6 is 23.5 Å². The summed E-state index contributed by atoms with van der Waals surface area (Å²) in [6, 6.07) is 9.01. The second-order valence-corrected chi connectivity index (χ2v) is 7.90. The summed E-state index contributed by atoms with van der Waals surface area (Å²) in [7, 11) is 1.73. The van der Waals surface area contributed by atoms with Crippen molar-refractivity contribution >= 4 is 23.5 Å². The van der Waals surface area contributed by atoms with Crippen molar-refractivity contribution in [3.8, 4) is 5.75 Å². The van der Waals surface area contributed by atoms with E-state index in [0.717, 1.165) is 24.0 Å². The SMILES string of the molecule is CCNC(Cc1cccc(OC)c1)C1SCCSC1C. The number of nitrogens with one attached hydrogen (secondary N) is 1. The molecule has 0 spiro atoms. The minimum Gasteiger partial charge on any atom is -0.497 e. The van der Waals surface area contributed by atoms with E-state index >= 15 is 0 Å². The Morgan fingerprint density at radius 2 is 2.15 bits per heavy atom. The highest BCUT2D eigenvalue weighted by Crippen LogP contribution is 2.34. The van der Waals surface area contributed by atoms with Gasteiger partial charge < -0.3 is 10.1 Å². The molecule has 20 heavy (non-hydrogen) atoms. The molecule has 0 aliphatic carbocycles. The van der Waals surface area contributed by atoms with Crippen LogP contribution in [-0.4, -0.2) is 41.7 Å². The van der Waals surface area contributed by atoms with Crippen LogP contribution in [0.2, 0.25) is 0 Å². The van der Waals surface area contributed by atoms with E-state index in [-0.39, 0.29) is 0 Å². The van der Waals surface area contributed by atoms with Crippen molar-refractivity contribution in [1.82, 2.24) is 5.32 Å². The minimum atomic E-state index is 0.542. The molecule has 0 aromatic heterocycles. The maximum absolute atomic E-state index is 5.33. The van der Waals surface area contributed by atoms with Crippen molar-refractivity contribution in [1.29, 1.82) is 0 Å². The molecule has 1 aliphatic rings. The van der Waals surface area contributed by atoms with Crippen LogP contribution in [0.25, 0.3) is 0 Å². The summed E-state index contributed by atoms with van der Waals surface area (Å²) in [5.74, 6) is 3.52. The van der Waals surface area contributed by atoms with E-state index in [1.807, 2.05) is 6.07 Å². The number of rotatable bonds is 6. The zero-order valence-electron chi connectivity index (χ0n) is 12.6. The van der Waals surface area contributed by atoms with E-state index in [0.29, 0.717) is 11.3 Å². The predicted octanol–water partition coefficient (Wildman–Crippen LogP) is 3.45. The molecule has 0 bridgehead atoms. The Hall–Kier alpha value is -0.320. The second-order valence-electron chi connectivity index (χ2n) is 5.13. The molecule has 0 saturated carbocycles. The van der Waals surface area contributed by atoms with Gasteiger partial charge >= 0.3 is 0 Å². The predicted molar refractivity (Wildman–Crippen MR) is 92.3 cm³/mol. The lowest BCUT2D eigenvalue weighted by Gasteiger charge is -2.35. The van der Waals surface area contributed by atoms with Crippen molar-refractivity contribution < 1.29 is 4.74 Å².